The average molecular weight is 331 g/mol. The van der Waals surface area contributed by atoms with E-state index in [1.54, 1.807) is 12.1 Å². The molecule has 128 valence electrons. The highest BCUT2D eigenvalue weighted by Crippen LogP contribution is 2.22. The van der Waals surface area contributed by atoms with Gasteiger partial charge in [0.2, 0.25) is 5.91 Å². The van der Waals surface area contributed by atoms with E-state index in [1.807, 2.05) is 0 Å². The predicted molar refractivity (Wildman–Crippen MR) is 79.1 cm³/mol. The van der Waals surface area contributed by atoms with E-state index in [9.17, 15) is 18.0 Å². The van der Waals surface area contributed by atoms with E-state index in [0.717, 1.165) is 31.7 Å². The van der Waals surface area contributed by atoms with E-state index >= 15 is 0 Å². The Bertz CT molecular complexity index is 500. The summed E-state index contributed by atoms with van der Waals surface area (Å²) in [5.41, 5.74) is 0.835. The minimum atomic E-state index is -4.68. The quantitative estimate of drug-likeness (QED) is 0.821. The summed E-state index contributed by atoms with van der Waals surface area (Å²) in [5, 5.41) is 6.04. The molecule has 0 aromatic heterocycles. The Hall–Kier alpha value is -1.80. The zero-order valence-corrected chi connectivity index (χ0v) is 12.7. The number of piperazine rings is 1. The Kier molecular flexibility index (Phi) is 6.23. The molecule has 0 unspecified atom stereocenters. The number of amides is 1. The number of carbonyl (C=O) groups excluding carboxylic acids is 1. The van der Waals surface area contributed by atoms with Crippen LogP contribution >= 0.6 is 0 Å². The third-order valence-electron chi connectivity index (χ3n) is 3.47. The monoisotopic (exact) mass is 331 g/mol. The first-order valence-corrected chi connectivity index (χ1v) is 7.47. The third-order valence-corrected chi connectivity index (χ3v) is 3.47. The molecule has 0 atom stereocenters. The van der Waals surface area contributed by atoms with E-state index in [4.69, 9.17) is 0 Å². The van der Waals surface area contributed by atoms with Gasteiger partial charge in [-0.2, -0.15) is 0 Å². The molecule has 0 radical (unpaired) electrons. The molecule has 5 nitrogen and oxygen atoms in total. The van der Waals surface area contributed by atoms with E-state index in [2.05, 4.69) is 20.3 Å². The molecule has 1 saturated heterocycles. The standard InChI is InChI=1S/C15H20F3N3O2/c16-15(17,18)23-13-3-1-12(2-4-13)5-6-20-14(22)11-21-9-7-19-8-10-21/h1-4,19H,5-11H2,(H,20,22). The topological polar surface area (TPSA) is 53.6 Å². The van der Waals surface area contributed by atoms with Crippen molar-refractivity contribution in [3.63, 3.8) is 0 Å². The van der Waals surface area contributed by atoms with Gasteiger partial charge in [0.05, 0.1) is 6.54 Å². The summed E-state index contributed by atoms with van der Waals surface area (Å²) in [6.07, 6.45) is -4.13. The normalized spacial score (nSPS) is 16.1. The summed E-state index contributed by atoms with van der Waals surface area (Å²) in [6.45, 7) is 4.31. The number of hydrogen-bond donors (Lipinski definition) is 2. The van der Waals surface area contributed by atoms with Gasteiger partial charge in [0, 0.05) is 32.7 Å². The minimum absolute atomic E-state index is 0.0380. The molecular weight excluding hydrogens is 311 g/mol. The van der Waals surface area contributed by atoms with Crippen molar-refractivity contribution in [2.45, 2.75) is 12.8 Å². The van der Waals surface area contributed by atoms with E-state index in [-0.39, 0.29) is 11.7 Å². The van der Waals surface area contributed by atoms with Crippen LogP contribution in [0.15, 0.2) is 24.3 Å². The Labute approximate surface area is 132 Å². The van der Waals surface area contributed by atoms with Gasteiger partial charge in [0.1, 0.15) is 5.75 Å². The molecule has 1 aliphatic rings. The number of hydrogen-bond acceptors (Lipinski definition) is 4. The molecule has 1 amide bonds. The van der Waals surface area contributed by atoms with Gasteiger partial charge >= 0.3 is 6.36 Å². The lowest BCUT2D eigenvalue weighted by molar-refractivity contribution is -0.274. The summed E-state index contributed by atoms with van der Waals surface area (Å²) in [5.74, 6) is -0.284. The van der Waals surface area contributed by atoms with Crippen LogP contribution in [0.5, 0.6) is 5.75 Å². The van der Waals surface area contributed by atoms with Crippen molar-refractivity contribution in [1.29, 1.82) is 0 Å². The number of rotatable bonds is 6. The Morgan fingerprint density at radius 3 is 2.48 bits per heavy atom. The first kappa shape index (κ1) is 17.6. The zero-order valence-electron chi connectivity index (χ0n) is 12.7. The maximum absolute atomic E-state index is 12.0. The van der Waals surface area contributed by atoms with Crippen LogP contribution in [0.25, 0.3) is 0 Å². The van der Waals surface area contributed by atoms with Gasteiger partial charge in [0.15, 0.2) is 0 Å². The number of benzene rings is 1. The highest BCUT2D eigenvalue weighted by Gasteiger charge is 2.30. The highest BCUT2D eigenvalue weighted by atomic mass is 19.4. The second-order valence-electron chi connectivity index (χ2n) is 5.32. The molecule has 1 aromatic rings. The highest BCUT2D eigenvalue weighted by molar-refractivity contribution is 5.78. The number of carbonyl (C=O) groups is 1. The smallest absolute Gasteiger partial charge is 0.406 e. The molecule has 1 aromatic carbocycles. The summed E-state index contributed by atoms with van der Waals surface area (Å²) in [7, 11) is 0. The fraction of sp³-hybridized carbons (Fsp3) is 0.533. The number of nitrogens with one attached hydrogen (secondary N) is 2. The SMILES string of the molecule is O=C(CN1CCNCC1)NCCc1ccc(OC(F)(F)F)cc1. The molecule has 2 rings (SSSR count). The fourth-order valence-electron chi connectivity index (χ4n) is 2.33. The lowest BCUT2D eigenvalue weighted by Gasteiger charge is -2.26. The zero-order chi connectivity index (χ0) is 16.7. The molecule has 0 saturated carbocycles. The molecule has 1 heterocycles. The molecule has 2 N–H and O–H groups in total. The molecule has 1 aliphatic heterocycles. The van der Waals surface area contributed by atoms with E-state index in [0.29, 0.717) is 19.5 Å². The summed E-state index contributed by atoms with van der Waals surface area (Å²) in [6, 6.07) is 5.66. The first-order valence-electron chi connectivity index (χ1n) is 7.47. The van der Waals surface area contributed by atoms with Crippen molar-refractivity contribution in [2.75, 3.05) is 39.3 Å². The number of halogens is 3. The van der Waals surface area contributed by atoms with Crippen LogP contribution in [-0.4, -0.2) is 56.4 Å². The molecule has 23 heavy (non-hydrogen) atoms. The molecule has 1 fully saturated rings. The Balaban J connectivity index is 1.68. The lowest BCUT2D eigenvalue weighted by Crippen LogP contribution is -2.47. The fourth-order valence-corrected chi connectivity index (χ4v) is 2.33. The van der Waals surface area contributed by atoms with E-state index < -0.39 is 6.36 Å². The number of nitrogens with zero attached hydrogens (tertiary/aromatic N) is 1. The Morgan fingerprint density at radius 1 is 1.22 bits per heavy atom. The van der Waals surface area contributed by atoms with Gasteiger partial charge in [0.25, 0.3) is 0 Å². The van der Waals surface area contributed by atoms with Crippen LogP contribution < -0.4 is 15.4 Å². The van der Waals surface area contributed by atoms with Gasteiger partial charge in [-0.15, -0.1) is 13.2 Å². The summed E-state index contributed by atoms with van der Waals surface area (Å²) >= 11 is 0. The maximum Gasteiger partial charge on any atom is 0.573 e. The maximum atomic E-state index is 12.0. The molecule has 0 bridgehead atoms. The van der Waals surface area contributed by atoms with Crippen molar-refractivity contribution in [3.8, 4) is 5.75 Å². The van der Waals surface area contributed by atoms with Crippen molar-refractivity contribution in [1.82, 2.24) is 15.5 Å². The number of ether oxygens (including phenoxy) is 1. The van der Waals surface area contributed by atoms with Gasteiger partial charge in [-0.1, -0.05) is 12.1 Å². The summed E-state index contributed by atoms with van der Waals surface area (Å²) < 4.78 is 39.9. The first-order chi connectivity index (χ1) is 10.9. The lowest BCUT2D eigenvalue weighted by atomic mass is 10.1. The van der Waals surface area contributed by atoms with Crippen molar-refractivity contribution in [3.05, 3.63) is 29.8 Å². The van der Waals surface area contributed by atoms with Crippen LogP contribution in [0.1, 0.15) is 5.56 Å². The van der Waals surface area contributed by atoms with Crippen LogP contribution in [0.3, 0.4) is 0 Å². The third kappa shape index (κ3) is 6.87. The minimum Gasteiger partial charge on any atom is -0.406 e. The van der Waals surface area contributed by atoms with Gasteiger partial charge < -0.3 is 15.4 Å². The van der Waals surface area contributed by atoms with Crippen molar-refractivity contribution < 1.29 is 22.7 Å². The predicted octanol–water partition coefficient (Wildman–Crippen LogP) is 1.15. The largest absolute Gasteiger partial charge is 0.573 e. The van der Waals surface area contributed by atoms with Crippen LogP contribution in [0.2, 0.25) is 0 Å². The molecule has 0 spiro atoms. The van der Waals surface area contributed by atoms with Crippen LogP contribution in [0.4, 0.5) is 13.2 Å². The Morgan fingerprint density at radius 2 is 1.87 bits per heavy atom. The van der Waals surface area contributed by atoms with Crippen molar-refractivity contribution >= 4 is 5.91 Å². The van der Waals surface area contributed by atoms with Gasteiger partial charge in [-0.05, 0) is 24.1 Å². The number of alkyl halides is 3. The molecule has 8 heteroatoms. The van der Waals surface area contributed by atoms with Crippen LogP contribution in [0, 0.1) is 0 Å². The second-order valence-corrected chi connectivity index (χ2v) is 5.32. The molecule has 0 aliphatic carbocycles. The summed E-state index contributed by atoms with van der Waals surface area (Å²) in [4.78, 5) is 13.9. The van der Waals surface area contributed by atoms with Crippen LogP contribution in [-0.2, 0) is 11.2 Å². The average Bonchev–Trinajstić information content (AvgIpc) is 2.48. The second kappa shape index (κ2) is 8.16. The van der Waals surface area contributed by atoms with Gasteiger partial charge in [-0.3, -0.25) is 9.69 Å². The van der Waals surface area contributed by atoms with Crippen molar-refractivity contribution in [2.24, 2.45) is 0 Å². The van der Waals surface area contributed by atoms with Gasteiger partial charge in [-0.25, -0.2) is 0 Å². The molecular formula is C15H20F3N3O2. The van der Waals surface area contributed by atoms with E-state index in [1.165, 1.54) is 12.1 Å².